The number of aromatic amines is 1. The lowest BCUT2D eigenvalue weighted by Crippen LogP contribution is -2.38. The summed E-state index contributed by atoms with van der Waals surface area (Å²) in [4.78, 5) is 23.3. The van der Waals surface area contributed by atoms with E-state index < -0.39 is 0 Å². The largest absolute Gasteiger partial charge is 0.340 e. The van der Waals surface area contributed by atoms with Crippen molar-refractivity contribution in [3.05, 3.63) is 47.0 Å². The molecule has 1 aliphatic rings. The zero-order chi connectivity index (χ0) is 18.3. The fourth-order valence-corrected chi connectivity index (χ4v) is 3.72. The number of nitrogens with zero attached hydrogens (tertiary/aromatic N) is 4. The standard InChI is InChI=1S/C20H25N5O/c1-4-24-12-15(11-21-24)20(26)25-8-6-5-7-18(25)19-22-16-9-13(2)14(3)10-17(16)23-19/h9-12,18H,4-8H2,1-3H3,(H,22,23)/t18-/m1/s1. The molecule has 4 rings (SSSR count). The third-order valence-corrected chi connectivity index (χ3v) is 5.40. The van der Waals surface area contributed by atoms with Crippen molar-refractivity contribution in [3.63, 3.8) is 0 Å². The minimum Gasteiger partial charge on any atom is -0.340 e. The van der Waals surface area contributed by atoms with Crippen molar-refractivity contribution < 1.29 is 4.79 Å². The number of nitrogens with one attached hydrogen (secondary N) is 1. The van der Waals surface area contributed by atoms with Crippen molar-refractivity contribution >= 4 is 16.9 Å². The number of carbonyl (C=O) groups is 1. The summed E-state index contributed by atoms with van der Waals surface area (Å²) < 4.78 is 1.79. The number of likely N-dealkylation sites (tertiary alicyclic amines) is 1. The molecule has 0 unspecified atom stereocenters. The fraction of sp³-hybridized carbons (Fsp3) is 0.450. The Morgan fingerprint density at radius 2 is 2.08 bits per heavy atom. The van der Waals surface area contributed by atoms with Gasteiger partial charge in [0.05, 0.1) is 28.8 Å². The molecule has 0 spiro atoms. The topological polar surface area (TPSA) is 66.8 Å². The monoisotopic (exact) mass is 351 g/mol. The minimum absolute atomic E-state index is 0.00533. The highest BCUT2D eigenvalue weighted by molar-refractivity contribution is 5.94. The number of carbonyl (C=O) groups excluding carboxylic acids is 1. The van der Waals surface area contributed by atoms with E-state index in [9.17, 15) is 4.79 Å². The quantitative estimate of drug-likeness (QED) is 0.781. The molecular formula is C20H25N5O. The summed E-state index contributed by atoms with van der Waals surface area (Å²) in [6.45, 7) is 7.75. The van der Waals surface area contributed by atoms with Crippen molar-refractivity contribution in [2.24, 2.45) is 0 Å². The molecule has 1 aliphatic heterocycles. The van der Waals surface area contributed by atoms with E-state index in [2.05, 4.69) is 36.1 Å². The predicted molar refractivity (Wildman–Crippen MR) is 101 cm³/mol. The van der Waals surface area contributed by atoms with Gasteiger partial charge in [-0.2, -0.15) is 5.10 Å². The molecule has 1 aromatic carbocycles. The van der Waals surface area contributed by atoms with Gasteiger partial charge in [0, 0.05) is 19.3 Å². The average molecular weight is 351 g/mol. The number of aryl methyl sites for hydroxylation is 3. The molecule has 6 nitrogen and oxygen atoms in total. The van der Waals surface area contributed by atoms with Crippen LogP contribution in [0.1, 0.15) is 59.5 Å². The van der Waals surface area contributed by atoms with Crippen molar-refractivity contribution in [1.29, 1.82) is 0 Å². The molecule has 1 saturated heterocycles. The van der Waals surface area contributed by atoms with Gasteiger partial charge in [0.1, 0.15) is 5.82 Å². The summed E-state index contributed by atoms with van der Waals surface area (Å²) in [7, 11) is 0. The first kappa shape index (κ1) is 16.8. The Morgan fingerprint density at radius 1 is 1.27 bits per heavy atom. The maximum absolute atomic E-state index is 13.1. The Bertz CT molecular complexity index is 915. The lowest BCUT2D eigenvalue weighted by Gasteiger charge is -2.34. The van der Waals surface area contributed by atoms with E-state index in [1.165, 1.54) is 11.1 Å². The van der Waals surface area contributed by atoms with Gasteiger partial charge in [0.2, 0.25) is 0 Å². The van der Waals surface area contributed by atoms with E-state index in [1.807, 2.05) is 18.0 Å². The lowest BCUT2D eigenvalue weighted by atomic mass is 10.0. The second-order valence-corrected chi connectivity index (χ2v) is 7.17. The molecule has 0 radical (unpaired) electrons. The molecule has 0 bridgehead atoms. The van der Waals surface area contributed by atoms with Crippen LogP contribution >= 0.6 is 0 Å². The van der Waals surface area contributed by atoms with Crippen LogP contribution in [0.3, 0.4) is 0 Å². The van der Waals surface area contributed by atoms with Crippen molar-refractivity contribution in [1.82, 2.24) is 24.6 Å². The predicted octanol–water partition coefficient (Wildman–Crippen LogP) is 3.76. The van der Waals surface area contributed by atoms with Crippen LogP contribution in [0, 0.1) is 13.8 Å². The average Bonchev–Trinajstić information content (AvgIpc) is 3.28. The first-order valence-electron chi connectivity index (χ1n) is 9.37. The maximum atomic E-state index is 13.1. The normalized spacial score (nSPS) is 17.8. The highest BCUT2D eigenvalue weighted by Crippen LogP contribution is 2.32. The number of benzene rings is 1. The van der Waals surface area contributed by atoms with Crippen LogP contribution in [-0.2, 0) is 6.54 Å². The Labute approximate surface area is 153 Å². The van der Waals surface area contributed by atoms with E-state index in [1.54, 1.807) is 10.9 Å². The van der Waals surface area contributed by atoms with Gasteiger partial charge in [-0.15, -0.1) is 0 Å². The molecule has 1 N–H and O–H groups in total. The molecular weight excluding hydrogens is 326 g/mol. The van der Waals surface area contributed by atoms with Crippen molar-refractivity contribution in [2.75, 3.05) is 6.54 Å². The van der Waals surface area contributed by atoms with Gasteiger partial charge in [0.25, 0.3) is 5.91 Å². The van der Waals surface area contributed by atoms with Crippen molar-refractivity contribution in [2.45, 2.75) is 52.6 Å². The number of hydrogen-bond acceptors (Lipinski definition) is 3. The molecule has 26 heavy (non-hydrogen) atoms. The van der Waals surface area contributed by atoms with Gasteiger partial charge in [-0.25, -0.2) is 4.98 Å². The molecule has 0 saturated carbocycles. The zero-order valence-corrected chi connectivity index (χ0v) is 15.6. The van der Waals surface area contributed by atoms with Crippen molar-refractivity contribution in [3.8, 4) is 0 Å². The molecule has 3 heterocycles. The molecule has 1 fully saturated rings. The van der Waals surface area contributed by atoms with Gasteiger partial charge in [-0.3, -0.25) is 9.48 Å². The smallest absolute Gasteiger partial charge is 0.257 e. The van der Waals surface area contributed by atoms with Crippen LogP contribution in [0.25, 0.3) is 11.0 Å². The first-order valence-corrected chi connectivity index (χ1v) is 9.37. The highest BCUT2D eigenvalue weighted by Gasteiger charge is 2.31. The van der Waals surface area contributed by atoms with Crippen LogP contribution in [0.5, 0.6) is 0 Å². The van der Waals surface area contributed by atoms with E-state index >= 15 is 0 Å². The Balaban J connectivity index is 1.68. The van der Waals surface area contributed by atoms with Crippen LogP contribution in [0.4, 0.5) is 0 Å². The van der Waals surface area contributed by atoms with E-state index in [4.69, 9.17) is 4.98 Å². The molecule has 1 atom stereocenters. The number of H-pyrrole nitrogens is 1. The Kier molecular flexibility index (Phi) is 4.26. The number of fused-ring (bicyclic) bond motifs is 1. The summed E-state index contributed by atoms with van der Waals surface area (Å²) in [5, 5.41) is 4.25. The second-order valence-electron chi connectivity index (χ2n) is 7.17. The SMILES string of the molecule is CCn1cc(C(=O)N2CCCC[C@@H]2c2nc3cc(C)c(C)cc3[nH]2)cn1. The number of hydrogen-bond donors (Lipinski definition) is 1. The molecule has 6 heteroatoms. The Morgan fingerprint density at radius 3 is 2.85 bits per heavy atom. The van der Waals surface area contributed by atoms with E-state index in [0.717, 1.165) is 49.2 Å². The van der Waals surface area contributed by atoms with Gasteiger partial charge < -0.3 is 9.88 Å². The summed E-state index contributed by atoms with van der Waals surface area (Å²) in [6, 6.07) is 4.25. The first-order chi connectivity index (χ1) is 12.6. The number of aromatic nitrogens is 4. The summed E-state index contributed by atoms with van der Waals surface area (Å²) in [6.07, 6.45) is 6.58. The van der Waals surface area contributed by atoms with E-state index in [-0.39, 0.29) is 11.9 Å². The summed E-state index contributed by atoms with van der Waals surface area (Å²) in [5.74, 6) is 0.933. The molecule has 0 aliphatic carbocycles. The third-order valence-electron chi connectivity index (χ3n) is 5.40. The van der Waals surface area contributed by atoms with Gasteiger partial charge in [-0.05, 0) is 63.3 Å². The summed E-state index contributed by atoms with van der Waals surface area (Å²) >= 11 is 0. The molecule has 136 valence electrons. The van der Waals surface area contributed by atoms with Gasteiger partial charge >= 0.3 is 0 Å². The number of rotatable bonds is 3. The number of amides is 1. The van der Waals surface area contributed by atoms with Gasteiger partial charge in [-0.1, -0.05) is 0 Å². The fourth-order valence-electron chi connectivity index (χ4n) is 3.72. The second kappa shape index (κ2) is 6.59. The zero-order valence-electron chi connectivity index (χ0n) is 15.6. The molecule has 2 aromatic heterocycles. The minimum atomic E-state index is -0.00533. The van der Waals surface area contributed by atoms with E-state index in [0.29, 0.717) is 5.56 Å². The Hall–Kier alpha value is -2.63. The number of piperidine rings is 1. The van der Waals surface area contributed by atoms with Crippen LogP contribution in [-0.4, -0.2) is 37.1 Å². The van der Waals surface area contributed by atoms with Crippen LogP contribution in [0.15, 0.2) is 24.5 Å². The highest BCUT2D eigenvalue weighted by atomic mass is 16.2. The van der Waals surface area contributed by atoms with Gasteiger partial charge in [0.15, 0.2) is 0 Å². The lowest BCUT2D eigenvalue weighted by molar-refractivity contribution is 0.0601. The maximum Gasteiger partial charge on any atom is 0.257 e. The number of imidazole rings is 1. The van der Waals surface area contributed by atoms with Crippen LogP contribution < -0.4 is 0 Å². The molecule has 3 aromatic rings. The summed E-state index contributed by atoms with van der Waals surface area (Å²) in [5.41, 5.74) is 5.15. The molecule has 1 amide bonds. The van der Waals surface area contributed by atoms with Crippen LogP contribution in [0.2, 0.25) is 0 Å². The third kappa shape index (κ3) is 2.89.